The van der Waals surface area contributed by atoms with Crippen LogP contribution in [0.15, 0.2) is 18.2 Å². The molecule has 102 valence electrons. The second kappa shape index (κ2) is 5.12. The Morgan fingerprint density at radius 3 is 2.42 bits per heavy atom. The summed E-state index contributed by atoms with van der Waals surface area (Å²) >= 11 is 0. The van der Waals surface area contributed by atoms with E-state index >= 15 is 0 Å². The lowest BCUT2D eigenvalue weighted by Crippen LogP contribution is -2.32. The van der Waals surface area contributed by atoms with Crippen LogP contribution in [0.25, 0.3) is 0 Å². The molecular formula is C14H15F3N2. The van der Waals surface area contributed by atoms with Gasteiger partial charge >= 0.3 is 6.18 Å². The van der Waals surface area contributed by atoms with Gasteiger partial charge < -0.3 is 4.90 Å². The number of nitrogens with zero attached hydrogens (tertiary/aromatic N) is 2. The maximum Gasteiger partial charge on any atom is 0.417 e. The van der Waals surface area contributed by atoms with E-state index in [2.05, 4.69) is 6.92 Å². The number of hydrogen-bond acceptors (Lipinski definition) is 2. The fraction of sp³-hybridized carbons (Fsp3) is 0.500. The summed E-state index contributed by atoms with van der Waals surface area (Å²) in [4.78, 5) is 1.95. The maximum absolute atomic E-state index is 12.9. The normalized spacial score (nSPS) is 17.3. The van der Waals surface area contributed by atoms with E-state index in [9.17, 15) is 13.2 Å². The molecule has 0 atom stereocenters. The molecule has 0 saturated carbocycles. The molecule has 1 fully saturated rings. The summed E-state index contributed by atoms with van der Waals surface area (Å²) in [7, 11) is 0. The van der Waals surface area contributed by atoms with Gasteiger partial charge in [0.25, 0.3) is 0 Å². The molecule has 0 amide bonds. The van der Waals surface area contributed by atoms with Crippen LogP contribution in [-0.4, -0.2) is 13.1 Å². The summed E-state index contributed by atoms with van der Waals surface area (Å²) < 4.78 is 38.6. The fourth-order valence-electron chi connectivity index (χ4n) is 2.33. The Balaban J connectivity index is 2.31. The lowest BCUT2D eigenvalue weighted by atomic mass is 9.98. The number of rotatable bonds is 1. The standard InChI is InChI=1S/C14H15F3N2/c1-10-4-6-19(7-5-10)12-3-2-11(9-18)13(8-12)14(15,16)17/h2-3,8,10H,4-7H2,1H3. The van der Waals surface area contributed by atoms with Gasteiger partial charge in [0, 0.05) is 18.8 Å². The molecule has 1 aliphatic heterocycles. The van der Waals surface area contributed by atoms with E-state index in [0.717, 1.165) is 32.0 Å². The average Bonchev–Trinajstić information content (AvgIpc) is 2.38. The summed E-state index contributed by atoms with van der Waals surface area (Å²) in [6.45, 7) is 3.69. The van der Waals surface area contributed by atoms with Crippen LogP contribution in [0.4, 0.5) is 18.9 Å². The Kier molecular flexibility index (Phi) is 3.70. The Hall–Kier alpha value is -1.70. The number of halogens is 3. The van der Waals surface area contributed by atoms with Gasteiger partial charge in [-0.3, -0.25) is 0 Å². The van der Waals surface area contributed by atoms with Crippen LogP contribution in [0.2, 0.25) is 0 Å². The maximum atomic E-state index is 12.9. The highest BCUT2D eigenvalue weighted by atomic mass is 19.4. The molecule has 0 aromatic heterocycles. The number of nitriles is 1. The monoisotopic (exact) mass is 268 g/mol. The van der Waals surface area contributed by atoms with Crippen molar-refractivity contribution in [3.8, 4) is 6.07 Å². The van der Waals surface area contributed by atoms with Crippen molar-refractivity contribution in [2.75, 3.05) is 18.0 Å². The molecule has 1 aliphatic rings. The molecule has 0 N–H and O–H groups in total. The largest absolute Gasteiger partial charge is 0.417 e. The molecule has 2 nitrogen and oxygen atoms in total. The van der Waals surface area contributed by atoms with Crippen LogP contribution in [0.1, 0.15) is 30.9 Å². The van der Waals surface area contributed by atoms with E-state index < -0.39 is 11.7 Å². The highest BCUT2D eigenvalue weighted by molar-refractivity contribution is 5.55. The van der Waals surface area contributed by atoms with Crippen LogP contribution in [0, 0.1) is 17.2 Å². The highest BCUT2D eigenvalue weighted by Crippen LogP contribution is 2.35. The number of anilines is 1. The fourth-order valence-corrected chi connectivity index (χ4v) is 2.33. The van der Waals surface area contributed by atoms with Crippen molar-refractivity contribution in [1.82, 2.24) is 0 Å². The average molecular weight is 268 g/mol. The first-order valence-corrected chi connectivity index (χ1v) is 6.28. The minimum absolute atomic E-state index is 0.318. The summed E-state index contributed by atoms with van der Waals surface area (Å²) in [5.74, 6) is 0.622. The molecule has 1 heterocycles. The van der Waals surface area contributed by atoms with Gasteiger partial charge in [0.2, 0.25) is 0 Å². The van der Waals surface area contributed by atoms with Crippen molar-refractivity contribution in [2.45, 2.75) is 25.9 Å². The third-order valence-electron chi connectivity index (χ3n) is 3.58. The van der Waals surface area contributed by atoms with E-state index in [1.165, 1.54) is 6.07 Å². The second-order valence-electron chi connectivity index (χ2n) is 5.01. The molecule has 0 radical (unpaired) electrons. The Morgan fingerprint density at radius 2 is 1.89 bits per heavy atom. The van der Waals surface area contributed by atoms with Crippen molar-refractivity contribution in [2.24, 2.45) is 5.92 Å². The quantitative estimate of drug-likeness (QED) is 0.774. The van der Waals surface area contributed by atoms with Crippen LogP contribution in [0.3, 0.4) is 0 Å². The SMILES string of the molecule is CC1CCN(c2ccc(C#N)c(C(F)(F)F)c2)CC1. The molecule has 1 saturated heterocycles. The van der Waals surface area contributed by atoms with Crippen LogP contribution in [0.5, 0.6) is 0 Å². The number of hydrogen-bond donors (Lipinski definition) is 0. The lowest BCUT2D eigenvalue weighted by molar-refractivity contribution is -0.137. The van der Waals surface area contributed by atoms with E-state index in [4.69, 9.17) is 5.26 Å². The first-order chi connectivity index (χ1) is 8.91. The minimum Gasteiger partial charge on any atom is -0.372 e. The predicted octanol–water partition coefficient (Wildman–Crippen LogP) is 3.81. The third-order valence-corrected chi connectivity index (χ3v) is 3.58. The van der Waals surface area contributed by atoms with E-state index in [1.54, 1.807) is 12.1 Å². The van der Waals surface area contributed by atoms with Crippen molar-refractivity contribution in [1.29, 1.82) is 5.26 Å². The molecule has 19 heavy (non-hydrogen) atoms. The minimum atomic E-state index is -4.48. The zero-order valence-corrected chi connectivity index (χ0v) is 10.7. The zero-order valence-electron chi connectivity index (χ0n) is 10.7. The van der Waals surface area contributed by atoms with E-state index in [-0.39, 0.29) is 5.56 Å². The second-order valence-corrected chi connectivity index (χ2v) is 5.01. The number of alkyl halides is 3. The van der Waals surface area contributed by atoms with Gasteiger partial charge in [0.15, 0.2) is 0 Å². The van der Waals surface area contributed by atoms with Gasteiger partial charge in [-0.1, -0.05) is 6.92 Å². The summed E-state index contributed by atoms with van der Waals surface area (Å²) in [5.41, 5.74) is -0.606. The lowest BCUT2D eigenvalue weighted by Gasteiger charge is -2.32. The van der Waals surface area contributed by atoms with Crippen molar-refractivity contribution < 1.29 is 13.2 Å². The first kappa shape index (κ1) is 13.7. The van der Waals surface area contributed by atoms with Crippen LogP contribution in [-0.2, 0) is 6.18 Å². The summed E-state index contributed by atoms with van der Waals surface area (Å²) in [6, 6.07) is 5.55. The molecule has 1 aromatic carbocycles. The molecule has 0 spiro atoms. The molecule has 5 heteroatoms. The van der Waals surface area contributed by atoms with Crippen LogP contribution >= 0.6 is 0 Å². The Bertz CT molecular complexity index is 494. The van der Waals surface area contributed by atoms with Crippen molar-refractivity contribution in [3.63, 3.8) is 0 Å². The molecule has 0 aliphatic carbocycles. The predicted molar refractivity (Wildman–Crippen MR) is 66.8 cm³/mol. The smallest absolute Gasteiger partial charge is 0.372 e. The van der Waals surface area contributed by atoms with Gasteiger partial charge in [0.05, 0.1) is 17.2 Å². The Morgan fingerprint density at radius 1 is 1.26 bits per heavy atom. The Labute approximate surface area is 110 Å². The topological polar surface area (TPSA) is 27.0 Å². The van der Waals surface area contributed by atoms with Gasteiger partial charge in [-0.05, 0) is 37.0 Å². The van der Waals surface area contributed by atoms with E-state index in [1.807, 2.05) is 4.90 Å². The van der Waals surface area contributed by atoms with Crippen molar-refractivity contribution >= 4 is 5.69 Å². The number of piperidine rings is 1. The molecule has 0 bridgehead atoms. The first-order valence-electron chi connectivity index (χ1n) is 6.28. The van der Waals surface area contributed by atoms with Gasteiger partial charge in [-0.15, -0.1) is 0 Å². The summed E-state index contributed by atoms with van der Waals surface area (Å²) in [5, 5.41) is 8.75. The molecule has 2 rings (SSSR count). The van der Waals surface area contributed by atoms with E-state index in [0.29, 0.717) is 11.6 Å². The zero-order chi connectivity index (χ0) is 14.0. The number of benzene rings is 1. The third kappa shape index (κ3) is 3.01. The van der Waals surface area contributed by atoms with Crippen LogP contribution < -0.4 is 4.90 Å². The van der Waals surface area contributed by atoms with Gasteiger partial charge in [-0.2, -0.15) is 18.4 Å². The van der Waals surface area contributed by atoms with Crippen molar-refractivity contribution in [3.05, 3.63) is 29.3 Å². The van der Waals surface area contributed by atoms with Gasteiger partial charge in [0.1, 0.15) is 0 Å². The van der Waals surface area contributed by atoms with Gasteiger partial charge in [-0.25, -0.2) is 0 Å². The molecular weight excluding hydrogens is 253 g/mol. The molecule has 0 unspecified atom stereocenters. The summed E-state index contributed by atoms with van der Waals surface area (Å²) in [6.07, 6.45) is -2.51. The highest BCUT2D eigenvalue weighted by Gasteiger charge is 2.34. The molecule has 1 aromatic rings.